The van der Waals surface area contributed by atoms with Gasteiger partial charge < -0.3 is 4.74 Å². The van der Waals surface area contributed by atoms with E-state index in [-0.39, 0.29) is 0 Å². The summed E-state index contributed by atoms with van der Waals surface area (Å²) in [6, 6.07) is 7.62. The molecule has 1 aromatic heterocycles. The third kappa shape index (κ3) is 3.10. The highest BCUT2D eigenvalue weighted by atomic mass is 35.5. The largest absolute Gasteiger partial charge is 0.497 e. The first-order valence-electron chi connectivity index (χ1n) is 6.53. The second kappa shape index (κ2) is 6.51. The van der Waals surface area contributed by atoms with Crippen molar-refractivity contribution in [2.75, 3.05) is 7.11 Å². The normalized spacial score (nSPS) is 11.1. The van der Waals surface area contributed by atoms with Gasteiger partial charge in [0, 0.05) is 5.56 Å². The van der Waals surface area contributed by atoms with Crippen LogP contribution in [0.1, 0.15) is 25.1 Å². The van der Waals surface area contributed by atoms with Crippen LogP contribution in [0.25, 0.3) is 5.69 Å². The van der Waals surface area contributed by atoms with Gasteiger partial charge in [-0.25, -0.2) is 4.68 Å². The second-order valence-electron chi connectivity index (χ2n) is 5.06. The molecule has 1 heterocycles. The second-order valence-corrected chi connectivity index (χ2v) is 5.68. The molecule has 0 aliphatic rings. The van der Waals surface area contributed by atoms with E-state index in [1.54, 1.807) is 11.8 Å². The van der Waals surface area contributed by atoms with E-state index < -0.39 is 0 Å². The van der Waals surface area contributed by atoms with Crippen LogP contribution >= 0.6 is 23.2 Å². The fraction of sp³-hybridized carbons (Fsp3) is 0.400. The minimum absolute atomic E-state index is 0.372. The van der Waals surface area contributed by atoms with Crippen LogP contribution in [0.4, 0.5) is 0 Å². The quantitative estimate of drug-likeness (QED) is 0.761. The molecule has 108 valence electrons. The third-order valence-corrected chi connectivity index (χ3v) is 3.71. The number of alkyl halides is 1. The van der Waals surface area contributed by atoms with Crippen LogP contribution in [0.2, 0.25) is 5.15 Å². The Labute approximate surface area is 129 Å². The molecule has 1 aromatic carbocycles. The smallest absolute Gasteiger partial charge is 0.137 e. The van der Waals surface area contributed by atoms with E-state index in [1.165, 1.54) is 0 Å². The van der Waals surface area contributed by atoms with E-state index in [1.807, 2.05) is 24.3 Å². The summed E-state index contributed by atoms with van der Waals surface area (Å²) in [5.41, 5.74) is 2.78. The molecule has 0 radical (unpaired) electrons. The van der Waals surface area contributed by atoms with Crippen molar-refractivity contribution < 1.29 is 4.74 Å². The standard InChI is InChI=1S/C15H18Cl2N2O/c1-10(2)8-14-13(9-16)15(17)19(18-14)11-4-6-12(20-3)7-5-11/h4-7,10H,8-9H2,1-3H3. The maximum absolute atomic E-state index is 6.41. The maximum atomic E-state index is 6.41. The van der Waals surface area contributed by atoms with Crippen molar-refractivity contribution in [2.45, 2.75) is 26.1 Å². The average Bonchev–Trinajstić information content (AvgIpc) is 2.74. The van der Waals surface area contributed by atoms with Crippen molar-refractivity contribution in [1.82, 2.24) is 9.78 Å². The Morgan fingerprint density at radius 2 is 1.90 bits per heavy atom. The molecule has 0 atom stereocenters. The van der Waals surface area contributed by atoms with Gasteiger partial charge in [0.1, 0.15) is 10.9 Å². The van der Waals surface area contributed by atoms with E-state index in [2.05, 4.69) is 18.9 Å². The molecule has 3 nitrogen and oxygen atoms in total. The highest BCUT2D eigenvalue weighted by Gasteiger charge is 2.17. The van der Waals surface area contributed by atoms with Crippen LogP contribution < -0.4 is 4.74 Å². The van der Waals surface area contributed by atoms with Gasteiger partial charge in [0.15, 0.2) is 0 Å². The molecule has 2 rings (SSSR count). The number of nitrogens with zero attached hydrogens (tertiary/aromatic N) is 2. The molecule has 0 unspecified atom stereocenters. The number of ether oxygens (including phenoxy) is 1. The van der Waals surface area contributed by atoms with E-state index in [9.17, 15) is 0 Å². The molecule has 5 heteroatoms. The zero-order valence-electron chi connectivity index (χ0n) is 11.9. The predicted molar refractivity (Wildman–Crippen MR) is 83.2 cm³/mol. The van der Waals surface area contributed by atoms with Crippen LogP contribution in [0, 0.1) is 5.92 Å². The molecule has 0 fully saturated rings. The lowest BCUT2D eigenvalue weighted by Crippen LogP contribution is -2.00. The number of aromatic nitrogens is 2. The van der Waals surface area contributed by atoms with Gasteiger partial charge in [0.25, 0.3) is 0 Å². The number of rotatable bonds is 5. The van der Waals surface area contributed by atoms with Crippen LogP contribution in [0.3, 0.4) is 0 Å². The van der Waals surface area contributed by atoms with E-state index in [0.717, 1.165) is 29.1 Å². The number of halogens is 2. The maximum Gasteiger partial charge on any atom is 0.137 e. The van der Waals surface area contributed by atoms with Gasteiger partial charge in [0.05, 0.1) is 24.4 Å². The Morgan fingerprint density at radius 3 is 2.40 bits per heavy atom. The highest BCUT2D eigenvalue weighted by Crippen LogP contribution is 2.27. The molecule has 0 saturated carbocycles. The Morgan fingerprint density at radius 1 is 1.25 bits per heavy atom. The molecule has 0 amide bonds. The molecular formula is C15H18Cl2N2O. The van der Waals surface area contributed by atoms with E-state index in [4.69, 9.17) is 27.9 Å². The first-order valence-corrected chi connectivity index (χ1v) is 7.44. The van der Waals surface area contributed by atoms with E-state index >= 15 is 0 Å². The molecule has 20 heavy (non-hydrogen) atoms. The molecule has 0 spiro atoms. The molecule has 0 saturated heterocycles. The number of methoxy groups -OCH3 is 1. The summed E-state index contributed by atoms with van der Waals surface area (Å²) in [5.74, 6) is 1.68. The highest BCUT2D eigenvalue weighted by molar-refractivity contribution is 6.31. The van der Waals surface area contributed by atoms with E-state index in [0.29, 0.717) is 17.0 Å². The predicted octanol–water partition coefficient (Wildman–Crippen LogP) is 4.47. The Hall–Kier alpha value is -1.19. The first kappa shape index (κ1) is 15.2. The van der Waals surface area contributed by atoms with Gasteiger partial charge in [-0.15, -0.1) is 11.6 Å². The molecule has 0 bridgehead atoms. The molecule has 2 aromatic rings. The summed E-state index contributed by atoms with van der Waals surface area (Å²) < 4.78 is 6.89. The van der Waals surface area contributed by atoms with Gasteiger partial charge in [0.2, 0.25) is 0 Å². The first-order chi connectivity index (χ1) is 9.56. The average molecular weight is 313 g/mol. The summed E-state index contributed by atoms with van der Waals surface area (Å²) >= 11 is 12.4. The number of hydrogen-bond acceptors (Lipinski definition) is 2. The van der Waals surface area contributed by atoms with Gasteiger partial charge in [-0.3, -0.25) is 0 Å². The van der Waals surface area contributed by atoms with Crippen molar-refractivity contribution >= 4 is 23.2 Å². The monoisotopic (exact) mass is 312 g/mol. The van der Waals surface area contributed by atoms with Crippen LogP contribution in [0.15, 0.2) is 24.3 Å². The van der Waals surface area contributed by atoms with Gasteiger partial charge in [-0.2, -0.15) is 5.10 Å². The summed E-state index contributed by atoms with van der Waals surface area (Å²) in [4.78, 5) is 0. The fourth-order valence-corrected chi connectivity index (χ4v) is 2.71. The Kier molecular flexibility index (Phi) is 4.95. The molecule has 0 aliphatic carbocycles. The van der Waals surface area contributed by atoms with Crippen molar-refractivity contribution in [3.63, 3.8) is 0 Å². The lowest BCUT2D eigenvalue weighted by molar-refractivity contribution is 0.414. The fourth-order valence-electron chi connectivity index (χ4n) is 2.05. The van der Waals surface area contributed by atoms with Crippen LogP contribution in [0.5, 0.6) is 5.75 Å². The minimum Gasteiger partial charge on any atom is -0.497 e. The van der Waals surface area contributed by atoms with Crippen molar-refractivity contribution in [3.05, 3.63) is 40.7 Å². The number of hydrogen-bond donors (Lipinski definition) is 0. The zero-order valence-corrected chi connectivity index (χ0v) is 13.4. The SMILES string of the molecule is COc1ccc(-n2nc(CC(C)C)c(CCl)c2Cl)cc1. The van der Waals surface area contributed by atoms with Crippen molar-refractivity contribution in [2.24, 2.45) is 5.92 Å². The van der Waals surface area contributed by atoms with Gasteiger partial charge in [-0.05, 0) is 36.6 Å². The Balaban J connectivity index is 2.42. The lowest BCUT2D eigenvalue weighted by atomic mass is 10.1. The van der Waals surface area contributed by atoms with Crippen molar-refractivity contribution in [1.29, 1.82) is 0 Å². The number of benzene rings is 1. The van der Waals surface area contributed by atoms with Gasteiger partial charge in [-0.1, -0.05) is 25.4 Å². The summed E-state index contributed by atoms with van der Waals surface area (Å²) in [5, 5.41) is 5.19. The zero-order chi connectivity index (χ0) is 14.7. The summed E-state index contributed by atoms with van der Waals surface area (Å²) in [7, 11) is 1.64. The van der Waals surface area contributed by atoms with Crippen molar-refractivity contribution in [3.8, 4) is 11.4 Å². The van der Waals surface area contributed by atoms with Crippen LogP contribution in [-0.4, -0.2) is 16.9 Å². The lowest BCUT2D eigenvalue weighted by Gasteiger charge is -2.05. The molecule has 0 aliphatic heterocycles. The summed E-state index contributed by atoms with van der Waals surface area (Å²) in [6.07, 6.45) is 0.866. The topological polar surface area (TPSA) is 27.1 Å². The van der Waals surface area contributed by atoms with Gasteiger partial charge >= 0.3 is 0 Å². The third-order valence-electron chi connectivity index (χ3n) is 3.06. The molecule has 0 N–H and O–H groups in total. The minimum atomic E-state index is 0.372. The summed E-state index contributed by atoms with van der Waals surface area (Å²) in [6.45, 7) is 4.30. The van der Waals surface area contributed by atoms with Crippen LogP contribution in [-0.2, 0) is 12.3 Å². The Bertz CT molecular complexity index is 576. The molecular weight excluding hydrogens is 295 g/mol.